The highest BCUT2D eigenvalue weighted by atomic mass is 16.3. The summed E-state index contributed by atoms with van der Waals surface area (Å²) in [6, 6.07) is 0.763. The second kappa shape index (κ2) is 7.34. The van der Waals surface area contributed by atoms with E-state index in [2.05, 4.69) is 31.0 Å². The molecule has 3 nitrogen and oxygen atoms in total. The molecule has 17 heavy (non-hydrogen) atoms. The van der Waals surface area contributed by atoms with Crippen LogP contribution in [0.3, 0.4) is 0 Å². The lowest BCUT2D eigenvalue weighted by atomic mass is 9.96. The molecule has 0 bridgehead atoms. The highest BCUT2D eigenvalue weighted by Gasteiger charge is 2.24. The Labute approximate surface area is 107 Å². The minimum atomic E-state index is -0.0844. The van der Waals surface area contributed by atoms with Gasteiger partial charge in [0.25, 0.3) is 0 Å². The van der Waals surface area contributed by atoms with Crippen LogP contribution in [0.4, 0.5) is 0 Å². The van der Waals surface area contributed by atoms with E-state index in [0.29, 0.717) is 0 Å². The normalized spacial score (nSPS) is 25.1. The quantitative estimate of drug-likeness (QED) is 0.683. The number of hydrogen-bond acceptors (Lipinski definition) is 3. The summed E-state index contributed by atoms with van der Waals surface area (Å²) in [6.07, 6.45) is 6.07. The van der Waals surface area contributed by atoms with E-state index in [1.54, 1.807) is 0 Å². The predicted octanol–water partition coefficient (Wildman–Crippen LogP) is 2.00. The molecular formula is C14H30N2O. The molecule has 0 aromatic heterocycles. The number of likely N-dealkylation sites (tertiary alicyclic amines) is 1. The van der Waals surface area contributed by atoms with Crippen molar-refractivity contribution in [3.05, 3.63) is 0 Å². The van der Waals surface area contributed by atoms with Crippen molar-refractivity contribution in [2.75, 3.05) is 26.2 Å². The van der Waals surface area contributed by atoms with Gasteiger partial charge in [-0.25, -0.2) is 0 Å². The molecular weight excluding hydrogens is 212 g/mol. The van der Waals surface area contributed by atoms with Gasteiger partial charge < -0.3 is 15.3 Å². The van der Waals surface area contributed by atoms with Crippen molar-refractivity contribution in [1.82, 2.24) is 10.2 Å². The summed E-state index contributed by atoms with van der Waals surface area (Å²) in [4.78, 5) is 2.58. The first kappa shape index (κ1) is 14.9. The average molecular weight is 242 g/mol. The van der Waals surface area contributed by atoms with E-state index in [9.17, 15) is 5.11 Å². The van der Waals surface area contributed by atoms with Gasteiger partial charge in [0, 0.05) is 11.6 Å². The fraction of sp³-hybridized carbons (Fsp3) is 1.00. The smallest absolute Gasteiger partial charge is 0.0610 e. The molecule has 2 atom stereocenters. The van der Waals surface area contributed by atoms with Crippen molar-refractivity contribution in [3.63, 3.8) is 0 Å². The number of aliphatic hydroxyl groups excluding tert-OH is 1. The summed E-state index contributed by atoms with van der Waals surface area (Å²) in [5.41, 5.74) is -0.0844. The molecule has 0 aliphatic carbocycles. The highest BCUT2D eigenvalue weighted by molar-refractivity contribution is 4.83. The first-order chi connectivity index (χ1) is 8.11. The Morgan fingerprint density at radius 2 is 2.24 bits per heavy atom. The Balaban J connectivity index is 2.22. The molecule has 0 radical (unpaired) electrons. The zero-order chi connectivity index (χ0) is 12.7. The molecule has 0 aromatic carbocycles. The number of nitrogens with one attached hydrogen (secondary N) is 1. The van der Waals surface area contributed by atoms with Crippen molar-refractivity contribution >= 4 is 0 Å². The summed E-state index contributed by atoms with van der Waals surface area (Å²) >= 11 is 0. The number of rotatable bonds is 8. The van der Waals surface area contributed by atoms with Crippen LogP contribution < -0.4 is 5.32 Å². The first-order valence-electron chi connectivity index (χ1n) is 7.21. The van der Waals surface area contributed by atoms with E-state index >= 15 is 0 Å². The predicted molar refractivity (Wildman–Crippen MR) is 73.3 cm³/mol. The lowest BCUT2D eigenvalue weighted by molar-refractivity contribution is 0.155. The third-order valence-electron chi connectivity index (χ3n) is 4.02. The van der Waals surface area contributed by atoms with Gasteiger partial charge in [-0.15, -0.1) is 0 Å². The second-order valence-electron chi connectivity index (χ2n) is 5.78. The maximum atomic E-state index is 9.48. The molecule has 3 heteroatoms. The standard InChI is InChI=1S/C14H30N2O/c1-4-9-15-14(3,12-17)8-6-11-16-10-5-7-13(16)2/h13,15,17H,4-12H2,1-3H3. The molecule has 0 saturated carbocycles. The molecule has 0 amide bonds. The summed E-state index contributed by atoms with van der Waals surface area (Å²) in [7, 11) is 0. The minimum absolute atomic E-state index is 0.0844. The zero-order valence-electron chi connectivity index (χ0n) is 11.8. The summed E-state index contributed by atoms with van der Waals surface area (Å²) in [5.74, 6) is 0. The van der Waals surface area contributed by atoms with E-state index in [0.717, 1.165) is 25.4 Å². The molecule has 2 N–H and O–H groups in total. The van der Waals surface area contributed by atoms with E-state index < -0.39 is 0 Å². The molecule has 1 saturated heterocycles. The summed E-state index contributed by atoms with van der Waals surface area (Å²) in [6.45, 7) is 10.3. The number of hydrogen-bond donors (Lipinski definition) is 2. The molecule has 1 aliphatic rings. The monoisotopic (exact) mass is 242 g/mol. The molecule has 2 unspecified atom stereocenters. The number of nitrogens with zero attached hydrogens (tertiary/aromatic N) is 1. The maximum absolute atomic E-state index is 9.48. The van der Waals surface area contributed by atoms with Crippen molar-refractivity contribution in [2.45, 2.75) is 64.5 Å². The lowest BCUT2D eigenvalue weighted by Gasteiger charge is -2.30. The van der Waals surface area contributed by atoms with Crippen LogP contribution in [0.5, 0.6) is 0 Å². The molecule has 102 valence electrons. The van der Waals surface area contributed by atoms with Gasteiger partial charge in [-0.2, -0.15) is 0 Å². The fourth-order valence-electron chi connectivity index (χ4n) is 2.65. The van der Waals surface area contributed by atoms with Gasteiger partial charge in [0.1, 0.15) is 0 Å². The average Bonchev–Trinajstić information content (AvgIpc) is 2.73. The van der Waals surface area contributed by atoms with Crippen LogP contribution in [-0.4, -0.2) is 47.8 Å². The highest BCUT2D eigenvalue weighted by Crippen LogP contribution is 2.18. The number of aliphatic hydroxyl groups is 1. The van der Waals surface area contributed by atoms with Crippen LogP contribution in [0.2, 0.25) is 0 Å². The minimum Gasteiger partial charge on any atom is -0.394 e. The Morgan fingerprint density at radius 3 is 2.76 bits per heavy atom. The SMILES string of the molecule is CCCNC(C)(CO)CCCN1CCCC1C. The Morgan fingerprint density at radius 1 is 1.47 bits per heavy atom. The van der Waals surface area contributed by atoms with Crippen LogP contribution in [-0.2, 0) is 0 Å². The molecule has 0 aromatic rings. The molecule has 1 aliphatic heterocycles. The zero-order valence-corrected chi connectivity index (χ0v) is 11.8. The molecule has 1 fully saturated rings. The first-order valence-corrected chi connectivity index (χ1v) is 7.21. The van der Waals surface area contributed by atoms with Crippen LogP contribution in [0.15, 0.2) is 0 Å². The van der Waals surface area contributed by atoms with Gasteiger partial charge in [-0.1, -0.05) is 6.92 Å². The Hall–Kier alpha value is -0.120. The van der Waals surface area contributed by atoms with Gasteiger partial charge in [0.05, 0.1) is 6.61 Å². The Kier molecular flexibility index (Phi) is 6.45. The van der Waals surface area contributed by atoms with E-state index in [-0.39, 0.29) is 12.1 Å². The lowest BCUT2D eigenvalue weighted by Crippen LogP contribution is -2.46. The van der Waals surface area contributed by atoms with Gasteiger partial charge in [0.2, 0.25) is 0 Å². The van der Waals surface area contributed by atoms with Gasteiger partial charge >= 0.3 is 0 Å². The van der Waals surface area contributed by atoms with E-state index in [1.807, 2.05) is 0 Å². The van der Waals surface area contributed by atoms with E-state index in [1.165, 1.54) is 32.4 Å². The van der Waals surface area contributed by atoms with Gasteiger partial charge in [0.15, 0.2) is 0 Å². The maximum Gasteiger partial charge on any atom is 0.0610 e. The third-order valence-corrected chi connectivity index (χ3v) is 4.02. The summed E-state index contributed by atoms with van der Waals surface area (Å²) < 4.78 is 0. The third kappa shape index (κ3) is 4.94. The van der Waals surface area contributed by atoms with Crippen LogP contribution >= 0.6 is 0 Å². The Bertz CT molecular complexity index is 210. The fourth-order valence-corrected chi connectivity index (χ4v) is 2.65. The van der Waals surface area contributed by atoms with Gasteiger partial charge in [-0.3, -0.25) is 0 Å². The van der Waals surface area contributed by atoms with Gasteiger partial charge in [-0.05, 0) is 65.6 Å². The van der Waals surface area contributed by atoms with Crippen molar-refractivity contribution in [2.24, 2.45) is 0 Å². The molecule has 1 rings (SSSR count). The van der Waals surface area contributed by atoms with Crippen LogP contribution in [0.25, 0.3) is 0 Å². The largest absolute Gasteiger partial charge is 0.394 e. The van der Waals surface area contributed by atoms with Crippen molar-refractivity contribution in [1.29, 1.82) is 0 Å². The van der Waals surface area contributed by atoms with Crippen LogP contribution in [0.1, 0.15) is 52.9 Å². The molecule has 1 heterocycles. The van der Waals surface area contributed by atoms with Crippen LogP contribution in [0, 0.1) is 0 Å². The van der Waals surface area contributed by atoms with Crippen molar-refractivity contribution < 1.29 is 5.11 Å². The second-order valence-corrected chi connectivity index (χ2v) is 5.78. The topological polar surface area (TPSA) is 35.5 Å². The van der Waals surface area contributed by atoms with E-state index in [4.69, 9.17) is 0 Å². The molecule has 0 spiro atoms. The summed E-state index contributed by atoms with van der Waals surface area (Å²) in [5, 5.41) is 12.9. The van der Waals surface area contributed by atoms with Crippen molar-refractivity contribution in [3.8, 4) is 0 Å².